The first-order valence-electron chi connectivity index (χ1n) is 11.3. The van der Waals surface area contributed by atoms with E-state index >= 15 is 0 Å². The second-order valence-electron chi connectivity index (χ2n) is 8.26. The van der Waals surface area contributed by atoms with E-state index in [-0.39, 0.29) is 11.2 Å². The van der Waals surface area contributed by atoms with Crippen molar-refractivity contribution >= 4 is 17.6 Å². The maximum Gasteiger partial charge on any atom is 0.318 e. The van der Waals surface area contributed by atoms with Crippen LogP contribution in [0, 0.1) is 6.92 Å². The third-order valence-electron chi connectivity index (χ3n) is 5.97. The van der Waals surface area contributed by atoms with Crippen molar-refractivity contribution in [3.05, 3.63) is 118 Å². The van der Waals surface area contributed by atoms with Crippen LogP contribution in [0.25, 0.3) is 5.69 Å². The molecule has 1 heterocycles. The zero-order valence-electron chi connectivity index (χ0n) is 19.8. The number of aromatic nitrogens is 2. The molecular weight excluding hydrogens is 442 g/mol. The molecule has 7 nitrogen and oxygen atoms in total. The van der Waals surface area contributed by atoms with Crippen LogP contribution >= 0.6 is 0 Å². The molecule has 4 rings (SSSR count). The summed E-state index contributed by atoms with van der Waals surface area (Å²) < 4.78 is 8.74. The third kappa shape index (κ3) is 4.94. The molecule has 0 aliphatic heterocycles. The zero-order chi connectivity index (χ0) is 24.9. The molecule has 1 amide bonds. The summed E-state index contributed by atoms with van der Waals surface area (Å²) in [6.45, 7) is 3.24. The standard InChI is InChI=1S/C28H27N3O4/c1-19-25(27(33)31(30(19)3)23-17-11-6-12-18-23)29-26(32)20(2)35-28(34)24(21-13-7-4-8-14-21)22-15-9-5-10-16-22/h4-18,20,24H,1-3H3,(H,29,32). The first-order chi connectivity index (χ1) is 16.9. The third-order valence-corrected chi connectivity index (χ3v) is 5.97. The number of carbonyl (C=O) groups excluding carboxylic acids is 2. The van der Waals surface area contributed by atoms with Crippen LogP contribution in [0.4, 0.5) is 5.69 Å². The van der Waals surface area contributed by atoms with Crippen molar-refractivity contribution in [2.24, 2.45) is 7.05 Å². The molecule has 0 bridgehead atoms. The van der Waals surface area contributed by atoms with E-state index in [2.05, 4.69) is 5.32 Å². The van der Waals surface area contributed by atoms with Crippen molar-refractivity contribution in [2.75, 3.05) is 5.32 Å². The fraction of sp³-hybridized carbons (Fsp3) is 0.179. The average molecular weight is 470 g/mol. The molecule has 0 aliphatic carbocycles. The van der Waals surface area contributed by atoms with Gasteiger partial charge in [0.25, 0.3) is 11.5 Å². The van der Waals surface area contributed by atoms with E-state index < -0.39 is 23.9 Å². The molecule has 1 atom stereocenters. The largest absolute Gasteiger partial charge is 0.452 e. The number of esters is 1. The Kier molecular flexibility index (Phi) is 6.96. The van der Waals surface area contributed by atoms with Gasteiger partial charge >= 0.3 is 5.97 Å². The van der Waals surface area contributed by atoms with Crippen molar-refractivity contribution in [3.8, 4) is 5.69 Å². The SMILES string of the molecule is Cc1c(NC(=O)C(C)OC(=O)C(c2ccccc2)c2ccccc2)c(=O)n(-c2ccccc2)n1C. The van der Waals surface area contributed by atoms with Crippen LogP contribution in [0.5, 0.6) is 0 Å². The fourth-order valence-corrected chi connectivity index (χ4v) is 3.99. The van der Waals surface area contributed by atoms with Crippen molar-refractivity contribution in [1.29, 1.82) is 0 Å². The molecule has 0 radical (unpaired) electrons. The first-order valence-corrected chi connectivity index (χ1v) is 11.3. The molecule has 178 valence electrons. The van der Waals surface area contributed by atoms with Gasteiger partial charge in [0.05, 0.1) is 11.4 Å². The van der Waals surface area contributed by atoms with Crippen molar-refractivity contribution in [1.82, 2.24) is 9.36 Å². The Labute approximate surface area is 203 Å². The number of benzene rings is 3. The minimum absolute atomic E-state index is 0.145. The summed E-state index contributed by atoms with van der Waals surface area (Å²) in [5, 5.41) is 2.66. The molecule has 1 unspecified atom stereocenters. The Morgan fingerprint density at radius 2 is 1.31 bits per heavy atom. The van der Waals surface area contributed by atoms with Crippen molar-refractivity contribution < 1.29 is 14.3 Å². The average Bonchev–Trinajstić information content (AvgIpc) is 3.08. The highest BCUT2D eigenvalue weighted by molar-refractivity contribution is 5.96. The molecular formula is C28H27N3O4. The molecule has 3 aromatic carbocycles. The predicted octanol–water partition coefficient (Wildman–Crippen LogP) is 4.19. The fourth-order valence-electron chi connectivity index (χ4n) is 3.99. The number of hydrogen-bond donors (Lipinski definition) is 1. The normalized spacial score (nSPS) is 11.8. The Balaban J connectivity index is 1.55. The number of hydrogen-bond acceptors (Lipinski definition) is 4. The molecule has 35 heavy (non-hydrogen) atoms. The van der Waals surface area contributed by atoms with E-state index in [1.807, 2.05) is 91.0 Å². The summed E-state index contributed by atoms with van der Waals surface area (Å²) in [7, 11) is 1.74. The van der Waals surface area contributed by atoms with E-state index in [1.165, 1.54) is 11.6 Å². The number of para-hydroxylation sites is 1. The Morgan fingerprint density at radius 3 is 1.83 bits per heavy atom. The van der Waals surface area contributed by atoms with Crippen LogP contribution in [0.3, 0.4) is 0 Å². The number of nitrogens with one attached hydrogen (secondary N) is 1. The van der Waals surface area contributed by atoms with Gasteiger partial charge in [-0.1, -0.05) is 78.9 Å². The van der Waals surface area contributed by atoms with Gasteiger partial charge < -0.3 is 10.1 Å². The maximum absolute atomic E-state index is 13.2. The second kappa shape index (κ2) is 10.3. The van der Waals surface area contributed by atoms with E-state index in [4.69, 9.17) is 4.74 Å². The molecule has 1 aromatic heterocycles. The first kappa shape index (κ1) is 23.8. The number of nitrogens with zero attached hydrogens (tertiary/aromatic N) is 2. The van der Waals surface area contributed by atoms with Gasteiger partial charge in [-0.15, -0.1) is 0 Å². The topological polar surface area (TPSA) is 82.3 Å². The van der Waals surface area contributed by atoms with Gasteiger partial charge in [-0.2, -0.15) is 0 Å². The lowest BCUT2D eigenvalue weighted by molar-refractivity contribution is -0.153. The number of ether oxygens (including phenoxy) is 1. The lowest BCUT2D eigenvalue weighted by atomic mass is 9.91. The summed E-state index contributed by atoms with van der Waals surface area (Å²) >= 11 is 0. The summed E-state index contributed by atoms with van der Waals surface area (Å²) in [6.07, 6.45) is -1.11. The second-order valence-corrected chi connectivity index (χ2v) is 8.26. The van der Waals surface area contributed by atoms with Gasteiger partial charge in [-0.25, -0.2) is 4.68 Å². The maximum atomic E-state index is 13.2. The van der Waals surface area contributed by atoms with E-state index in [1.54, 1.807) is 18.7 Å². The minimum Gasteiger partial charge on any atom is -0.452 e. The Hall–Kier alpha value is -4.39. The van der Waals surface area contributed by atoms with Gasteiger partial charge in [0.1, 0.15) is 11.6 Å². The van der Waals surface area contributed by atoms with Crippen LogP contribution in [0.1, 0.15) is 29.7 Å². The lowest BCUT2D eigenvalue weighted by Gasteiger charge is -2.20. The molecule has 0 spiro atoms. The van der Waals surface area contributed by atoms with Crippen LogP contribution in [0.2, 0.25) is 0 Å². The molecule has 7 heteroatoms. The zero-order valence-corrected chi connectivity index (χ0v) is 19.8. The number of amides is 1. The van der Waals surface area contributed by atoms with Crippen molar-refractivity contribution in [3.63, 3.8) is 0 Å². The van der Waals surface area contributed by atoms with Crippen molar-refractivity contribution in [2.45, 2.75) is 25.9 Å². The predicted molar refractivity (Wildman–Crippen MR) is 135 cm³/mol. The molecule has 0 saturated carbocycles. The highest BCUT2D eigenvalue weighted by Crippen LogP contribution is 2.26. The van der Waals surface area contributed by atoms with E-state index in [0.717, 1.165) is 11.1 Å². The Bertz CT molecular complexity index is 1340. The lowest BCUT2D eigenvalue weighted by Crippen LogP contribution is -2.33. The molecule has 0 fully saturated rings. The van der Waals surface area contributed by atoms with Crippen LogP contribution in [-0.2, 0) is 21.4 Å². The van der Waals surface area contributed by atoms with Gasteiger partial charge in [0.15, 0.2) is 6.10 Å². The molecule has 1 N–H and O–H groups in total. The summed E-state index contributed by atoms with van der Waals surface area (Å²) in [5.41, 5.74) is 2.57. The smallest absolute Gasteiger partial charge is 0.318 e. The minimum atomic E-state index is -1.11. The summed E-state index contributed by atoms with van der Waals surface area (Å²) in [6, 6.07) is 27.7. The monoisotopic (exact) mass is 469 g/mol. The van der Waals surface area contributed by atoms with E-state index in [0.29, 0.717) is 11.4 Å². The van der Waals surface area contributed by atoms with Gasteiger partial charge in [0, 0.05) is 7.05 Å². The van der Waals surface area contributed by atoms with E-state index in [9.17, 15) is 14.4 Å². The molecule has 0 saturated heterocycles. The van der Waals surface area contributed by atoms with Gasteiger partial charge in [0.2, 0.25) is 0 Å². The highest BCUT2D eigenvalue weighted by atomic mass is 16.5. The van der Waals surface area contributed by atoms with Gasteiger partial charge in [-0.05, 0) is 37.1 Å². The summed E-state index contributed by atoms with van der Waals surface area (Å²) in [4.78, 5) is 39.3. The number of carbonyl (C=O) groups is 2. The highest BCUT2D eigenvalue weighted by Gasteiger charge is 2.29. The number of anilines is 1. The summed E-state index contributed by atoms with van der Waals surface area (Å²) in [5.74, 6) is -1.80. The van der Waals surface area contributed by atoms with Crippen LogP contribution in [-0.4, -0.2) is 27.3 Å². The van der Waals surface area contributed by atoms with Crippen LogP contribution < -0.4 is 10.9 Å². The van der Waals surface area contributed by atoms with Gasteiger partial charge in [-0.3, -0.25) is 19.1 Å². The molecule has 0 aliphatic rings. The van der Waals surface area contributed by atoms with Crippen LogP contribution in [0.15, 0.2) is 95.8 Å². The number of rotatable bonds is 7. The quantitative estimate of drug-likeness (QED) is 0.412. The Morgan fingerprint density at radius 1 is 0.829 bits per heavy atom. The molecule has 4 aromatic rings.